The van der Waals surface area contributed by atoms with E-state index in [4.69, 9.17) is 23.3 Å². The minimum atomic E-state index is -5.17. The molecule has 0 heterocycles. The molecule has 0 saturated heterocycles. The Morgan fingerprint density at radius 1 is 1.30 bits per heavy atom. The van der Waals surface area contributed by atoms with E-state index in [0.717, 1.165) is 6.54 Å². The van der Waals surface area contributed by atoms with Gasteiger partial charge in [-0.3, -0.25) is 8.42 Å². The Hall–Kier alpha value is 1.83. The monoisotopic (exact) mass is 187 g/mol. The van der Waals surface area contributed by atoms with Crippen LogP contribution in [0.1, 0.15) is 6.92 Å². The summed E-state index contributed by atoms with van der Waals surface area (Å²) in [7, 11) is -5.17. The van der Waals surface area contributed by atoms with Gasteiger partial charge in [-0.25, -0.2) is 0 Å². The van der Waals surface area contributed by atoms with Crippen LogP contribution in [-0.2, 0) is 10.4 Å². The third-order valence-electron chi connectivity index (χ3n) is 0. The fourth-order valence-electron chi connectivity index (χ4n) is 0. The topological polar surface area (TPSA) is 106 Å². The van der Waals surface area contributed by atoms with Gasteiger partial charge >= 0.3 is 59.1 Å². The third-order valence-corrected chi connectivity index (χ3v) is 0. The van der Waals surface area contributed by atoms with E-state index in [1.54, 1.807) is 0 Å². The molecule has 0 unspecified atom stereocenters. The SMILES string of the molecule is CCN.O=S(=O)([O-])[O-].[Na+].[Na+]. The third kappa shape index (κ3) is 229. The summed E-state index contributed by atoms with van der Waals surface area (Å²) in [5, 5.41) is 0. The van der Waals surface area contributed by atoms with Gasteiger partial charge in [-0.05, 0) is 6.54 Å². The van der Waals surface area contributed by atoms with Gasteiger partial charge in [0, 0.05) is 10.4 Å². The van der Waals surface area contributed by atoms with E-state index in [0.29, 0.717) is 0 Å². The second-order valence-electron chi connectivity index (χ2n) is 0.816. The second-order valence-corrected chi connectivity index (χ2v) is 1.63. The molecule has 0 aliphatic rings. The molecule has 0 aromatic rings. The van der Waals surface area contributed by atoms with Crippen LogP contribution in [0.3, 0.4) is 0 Å². The molecule has 0 aromatic carbocycles. The van der Waals surface area contributed by atoms with Crippen LogP contribution in [0.4, 0.5) is 0 Å². The first kappa shape index (κ1) is 22.6. The zero-order chi connectivity index (χ0) is 7.21. The molecule has 5 nitrogen and oxygen atoms in total. The summed E-state index contributed by atoms with van der Waals surface area (Å²) < 4.78 is 34.1. The zero-order valence-electron chi connectivity index (χ0n) is 6.33. The quantitative estimate of drug-likeness (QED) is 0.230. The van der Waals surface area contributed by atoms with Crippen LogP contribution in [0, 0.1) is 0 Å². The predicted octanol–water partition coefficient (Wildman–Crippen LogP) is -7.37. The Morgan fingerprint density at radius 2 is 1.30 bits per heavy atom. The Bertz CT molecular complexity index is 115. The average molecular weight is 187 g/mol. The van der Waals surface area contributed by atoms with E-state index in [1.165, 1.54) is 0 Å². The molecule has 0 atom stereocenters. The summed E-state index contributed by atoms with van der Waals surface area (Å²) in [6, 6.07) is 0. The van der Waals surface area contributed by atoms with Crippen molar-refractivity contribution in [3.05, 3.63) is 0 Å². The van der Waals surface area contributed by atoms with E-state index in [2.05, 4.69) is 0 Å². The van der Waals surface area contributed by atoms with Gasteiger partial charge in [0.05, 0.1) is 0 Å². The molecule has 10 heavy (non-hydrogen) atoms. The summed E-state index contributed by atoms with van der Waals surface area (Å²) in [5.74, 6) is 0. The maximum Gasteiger partial charge on any atom is 1.00 e. The largest absolute Gasteiger partial charge is 1.00 e. The first-order valence-electron chi connectivity index (χ1n) is 1.78. The molecule has 0 aromatic heterocycles. The van der Waals surface area contributed by atoms with E-state index in [1.807, 2.05) is 6.92 Å². The van der Waals surface area contributed by atoms with E-state index in [9.17, 15) is 0 Å². The van der Waals surface area contributed by atoms with Crippen LogP contribution < -0.4 is 64.8 Å². The van der Waals surface area contributed by atoms with Crippen molar-refractivity contribution in [2.24, 2.45) is 5.73 Å². The molecule has 52 valence electrons. The Labute approximate surface area is 105 Å². The average Bonchev–Trinajstić information content (AvgIpc) is 1.27. The fraction of sp³-hybridized carbons (Fsp3) is 1.00. The predicted molar refractivity (Wildman–Crippen MR) is 25.2 cm³/mol. The van der Waals surface area contributed by atoms with Crippen LogP contribution in [0.25, 0.3) is 0 Å². The van der Waals surface area contributed by atoms with Gasteiger partial charge in [0.2, 0.25) is 0 Å². The van der Waals surface area contributed by atoms with E-state index >= 15 is 0 Å². The molecule has 8 heteroatoms. The van der Waals surface area contributed by atoms with Crippen molar-refractivity contribution < 1.29 is 76.6 Å². The van der Waals surface area contributed by atoms with Crippen LogP contribution in [0.2, 0.25) is 0 Å². The molecule has 0 aliphatic carbocycles. The van der Waals surface area contributed by atoms with Crippen LogP contribution in [-0.4, -0.2) is 24.1 Å². The Kier molecular flexibility index (Phi) is 30.4. The van der Waals surface area contributed by atoms with Crippen molar-refractivity contribution in [3.63, 3.8) is 0 Å². The first-order valence-corrected chi connectivity index (χ1v) is 3.12. The summed E-state index contributed by atoms with van der Waals surface area (Å²) in [4.78, 5) is 0. The molecule has 0 bridgehead atoms. The zero-order valence-corrected chi connectivity index (χ0v) is 11.1. The number of hydrogen-bond acceptors (Lipinski definition) is 5. The minimum Gasteiger partial charge on any atom is -0.759 e. The maximum absolute atomic E-state index is 8.52. The van der Waals surface area contributed by atoms with Gasteiger partial charge in [-0.2, -0.15) is 0 Å². The first-order chi connectivity index (χ1) is 3.41. The molecule has 0 rings (SSSR count). The van der Waals surface area contributed by atoms with Crippen molar-refractivity contribution in [3.8, 4) is 0 Å². The summed E-state index contributed by atoms with van der Waals surface area (Å²) in [6.07, 6.45) is 0. The van der Waals surface area contributed by atoms with Crippen molar-refractivity contribution in [1.82, 2.24) is 0 Å². The molecule has 0 radical (unpaired) electrons. The van der Waals surface area contributed by atoms with Gasteiger partial charge in [-0.1, -0.05) is 6.92 Å². The van der Waals surface area contributed by atoms with Crippen molar-refractivity contribution >= 4 is 10.4 Å². The van der Waals surface area contributed by atoms with Gasteiger partial charge in [0.25, 0.3) is 0 Å². The molecular weight excluding hydrogens is 180 g/mol. The van der Waals surface area contributed by atoms with Gasteiger partial charge in [0.15, 0.2) is 0 Å². The molecule has 0 spiro atoms. The van der Waals surface area contributed by atoms with Gasteiger partial charge in [0.1, 0.15) is 0 Å². The van der Waals surface area contributed by atoms with Crippen LogP contribution in [0.5, 0.6) is 0 Å². The fourth-order valence-corrected chi connectivity index (χ4v) is 0. The van der Waals surface area contributed by atoms with Crippen molar-refractivity contribution in [1.29, 1.82) is 0 Å². The number of nitrogens with two attached hydrogens (primary N) is 1. The molecule has 0 saturated carbocycles. The van der Waals surface area contributed by atoms with Gasteiger partial charge < -0.3 is 14.8 Å². The molecular formula is C2H7NNa2O4S. The summed E-state index contributed by atoms with van der Waals surface area (Å²) in [5.41, 5.74) is 4.85. The second kappa shape index (κ2) is 13.4. The smallest absolute Gasteiger partial charge is 0.759 e. The maximum atomic E-state index is 8.52. The summed E-state index contributed by atoms with van der Waals surface area (Å²) >= 11 is 0. The number of hydrogen-bond donors (Lipinski definition) is 1. The van der Waals surface area contributed by atoms with Crippen molar-refractivity contribution in [2.75, 3.05) is 6.54 Å². The normalized spacial score (nSPS) is 7.60. The van der Waals surface area contributed by atoms with Gasteiger partial charge in [-0.15, -0.1) is 0 Å². The Balaban J connectivity index is -0.0000000326. The molecule has 2 N–H and O–H groups in total. The van der Waals surface area contributed by atoms with E-state index < -0.39 is 10.4 Å². The molecule has 0 fully saturated rings. The van der Waals surface area contributed by atoms with Crippen LogP contribution >= 0.6 is 0 Å². The Morgan fingerprint density at radius 3 is 1.30 bits per heavy atom. The molecule has 0 aliphatic heterocycles. The standard InChI is InChI=1S/C2H7N.2Na.H2O4S/c1-2-3;;;1-5(2,3)4/h2-3H2,1H3;;;(H2,1,2,3,4)/q;2*+1;/p-2. The molecule has 0 amide bonds. The minimum absolute atomic E-state index is 0. The van der Waals surface area contributed by atoms with Crippen molar-refractivity contribution in [2.45, 2.75) is 6.92 Å². The van der Waals surface area contributed by atoms with E-state index in [-0.39, 0.29) is 59.1 Å². The number of rotatable bonds is 0. The van der Waals surface area contributed by atoms with Crippen LogP contribution in [0.15, 0.2) is 0 Å². The summed E-state index contributed by atoms with van der Waals surface area (Å²) in [6.45, 7) is 2.65.